The van der Waals surface area contributed by atoms with Crippen molar-refractivity contribution >= 4 is 0 Å². The number of methoxy groups -OCH3 is 1. The molecule has 80 valence electrons. The summed E-state index contributed by atoms with van der Waals surface area (Å²) in [6.07, 6.45) is 3.02. The van der Waals surface area contributed by atoms with Gasteiger partial charge in [0.1, 0.15) is 0 Å². The van der Waals surface area contributed by atoms with Gasteiger partial charge >= 0.3 is 0 Å². The number of nitrogens with one attached hydrogen (secondary N) is 1. The van der Waals surface area contributed by atoms with Gasteiger partial charge < -0.3 is 10.1 Å². The Labute approximate surface area is 85.3 Å². The third-order valence-electron chi connectivity index (χ3n) is 2.21. The van der Waals surface area contributed by atoms with Crippen LogP contribution in [0.25, 0.3) is 0 Å². The molecule has 0 aliphatic heterocycles. The first-order valence-corrected chi connectivity index (χ1v) is 4.95. The summed E-state index contributed by atoms with van der Waals surface area (Å²) < 4.78 is 7.03. The Morgan fingerprint density at radius 3 is 3.07 bits per heavy atom. The normalized spacial score (nSPS) is 13.1. The highest BCUT2D eigenvalue weighted by molar-refractivity contribution is 4.98. The Morgan fingerprint density at radius 1 is 1.64 bits per heavy atom. The molecule has 0 radical (unpaired) electrons. The zero-order valence-corrected chi connectivity index (χ0v) is 9.16. The summed E-state index contributed by atoms with van der Waals surface area (Å²) in [5, 5.41) is 7.53. The number of rotatable bonds is 6. The fourth-order valence-corrected chi connectivity index (χ4v) is 1.32. The second-order valence-electron chi connectivity index (χ2n) is 3.45. The summed E-state index contributed by atoms with van der Waals surface area (Å²) in [7, 11) is 3.65. The number of hydrogen-bond acceptors (Lipinski definition) is 3. The van der Waals surface area contributed by atoms with Crippen LogP contribution in [0.4, 0.5) is 0 Å². The van der Waals surface area contributed by atoms with E-state index in [9.17, 15) is 0 Å². The average molecular weight is 197 g/mol. The van der Waals surface area contributed by atoms with E-state index in [0.29, 0.717) is 6.04 Å². The summed E-state index contributed by atoms with van der Waals surface area (Å²) in [6, 6.07) is 2.44. The molecule has 1 unspecified atom stereocenters. The van der Waals surface area contributed by atoms with Crippen molar-refractivity contribution in [1.29, 1.82) is 0 Å². The summed E-state index contributed by atoms with van der Waals surface area (Å²) >= 11 is 0. The molecule has 14 heavy (non-hydrogen) atoms. The molecular formula is C10H19N3O. The summed E-state index contributed by atoms with van der Waals surface area (Å²) in [4.78, 5) is 0. The first kappa shape index (κ1) is 11.2. The quantitative estimate of drug-likeness (QED) is 0.744. The van der Waals surface area contributed by atoms with Gasteiger partial charge in [-0.25, -0.2) is 0 Å². The van der Waals surface area contributed by atoms with Crippen LogP contribution in [0, 0.1) is 0 Å². The van der Waals surface area contributed by atoms with E-state index in [0.717, 1.165) is 25.3 Å². The minimum absolute atomic E-state index is 0.403. The summed E-state index contributed by atoms with van der Waals surface area (Å²) in [5.41, 5.74) is 1.08. The molecule has 0 aliphatic carbocycles. The lowest BCUT2D eigenvalue weighted by Crippen LogP contribution is -2.10. The lowest BCUT2D eigenvalue weighted by Gasteiger charge is -2.10. The highest BCUT2D eigenvalue weighted by Crippen LogP contribution is 2.09. The maximum absolute atomic E-state index is 5.03. The van der Waals surface area contributed by atoms with Crippen LogP contribution in [-0.4, -0.2) is 30.5 Å². The maximum atomic E-state index is 5.03. The predicted molar refractivity (Wildman–Crippen MR) is 56.2 cm³/mol. The lowest BCUT2D eigenvalue weighted by molar-refractivity contribution is 0.178. The zero-order valence-electron chi connectivity index (χ0n) is 9.16. The number of aromatic nitrogens is 2. The van der Waals surface area contributed by atoms with Gasteiger partial charge in [0, 0.05) is 26.5 Å². The van der Waals surface area contributed by atoms with E-state index in [1.807, 2.05) is 24.0 Å². The maximum Gasteiger partial charge on any atom is 0.0762 e. The fourth-order valence-electron chi connectivity index (χ4n) is 1.32. The zero-order chi connectivity index (χ0) is 10.4. The van der Waals surface area contributed by atoms with Crippen molar-refractivity contribution < 1.29 is 4.74 Å². The number of ether oxygens (including phenoxy) is 1. The molecule has 0 saturated heterocycles. The smallest absolute Gasteiger partial charge is 0.0762 e. The van der Waals surface area contributed by atoms with Crippen LogP contribution in [0.1, 0.15) is 25.1 Å². The van der Waals surface area contributed by atoms with Crippen LogP contribution in [0.15, 0.2) is 12.3 Å². The van der Waals surface area contributed by atoms with Crippen molar-refractivity contribution in [3.8, 4) is 0 Å². The monoisotopic (exact) mass is 197 g/mol. The van der Waals surface area contributed by atoms with Crippen molar-refractivity contribution in [2.45, 2.75) is 25.9 Å². The van der Waals surface area contributed by atoms with Gasteiger partial charge in [0.25, 0.3) is 0 Å². The van der Waals surface area contributed by atoms with Gasteiger partial charge in [-0.3, -0.25) is 4.68 Å². The second-order valence-corrected chi connectivity index (χ2v) is 3.45. The molecular weight excluding hydrogens is 178 g/mol. The van der Waals surface area contributed by atoms with Crippen LogP contribution in [0.5, 0.6) is 0 Å². The molecule has 0 amide bonds. The van der Waals surface area contributed by atoms with E-state index in [4.69, 9.17) is 4.74 Å². The van der Waals surface area contributed by atoms with Crippen molar-refractivity contribution in [3.05, 3.63) is 18.0 Å². The number of nitrogens with zero attached hydrogens (tertiary/aromatic N) is 2. The Morgan fingerprint density at radius 2 is 2.43 bits per heavy atom. The van der Waals surface area contributed by atoms with Crippen molar-refractivity contribution in [3.63, 3.8) is 0 Å². The molecule has 0 bridgehead atoms. The Hall–Kier alpha value is -0.870. The largest absolute Gasteiger partial charge is 0.385 e. The third kappa shape index (κ3) is 3.12. The van der Waals surface area contributed by atoms with Crippen molar-refractivity contribution in [2.24, 2.45) is 0 Å². The van der Waals surface area contributed by atoms with Gasteiger partial charge in [-0.05, 0) is 26.5 Å². The molecule has 0 aromatic carbocycles. The highest BCUT2D eigenvalue weighted by Gasteiger charge is 2.05. The van der Waals surface area contributed by atoms with Crippen LogP contribution in [0.3, 0.4) is 0 Å². The van der Waals surface area contributed by atoms with Crippen LogP contribution in [-0.2, 0) is 11.3 Å². The molecule has 0 saturated carbocycles. The lowest BCUT2D eigenvalue weighted by atomic mass is 10.2. The Bertz CT molecular complexity index is 260. The van der Waals surface area contributed by atoms with Gasteiger partial charge in [-0.2, -0.15) is 5.10 Å². The molecule has 4 nitrogen and oxygen atoms in total. The van der Waals surface area contributed by atoms with Crippen molar-refractivity contribution in [2.75, 3.05) is 20.8 Å². The van der Waals surface area contributed by atoms with Crippen LogP contribution >= 0.6 is 0 Å². The Kier molecular flexibility index (Phi) is 4.62. The summed E-state index contributed by atoms with van der Waals surface area (Å²) in [5.74, 6) is 0. The molecule has 0 spiro atoms. The van der Waals surface area contributed by atoms with Gasteiger partial charge in [0.05, 0.1) is 11.7 Å². The van der Waals surface area contributed by atoms with Gasteiger partial charge in [-0.15, -0.1) is 0 Å². The molecule has 1 rings (SSSR count). The van der Waals surface area contributed by atoms with E-state index in [2.05, 4.69) is 17.3 Å². The topological polar surface area (TPSA) is 39.1 Å². The van der Waals surface area contributed by atoms with E-state index in [1.165, 1.54) is 0 Å². The fraction of sp³-hybridized carbons (Fsp3) is 0.700. The molecule has 0 fully saturated rings. The predicted octanol–water partition coefficient (Wildman–Crippen LogP) is 1.20. The first-order chi connectivity index (χ1) is 6.77. The summed E-state index contributed by atoms with van der Waals surface area (Å²) in [6.45, 7) is 3.75. The molecule has 0 aliphatic rings. The Balaban J connectivity index is 2.48. The van der Waals surface area contributed by atoms with Gasteiger partial charge in [0.2, 0.25) is 0 Å². The van der Waals surface area contributed by atoms with E-state index >= 15 is 0 Å². The molecule has 1 N–H and O–H groups in total. The first-order valence-electron chi connectivity index (χ1n) is 4.95. The SMILES string of the molecule is CNCc1ccn(C(C)CCOC)n1. The van der Waals surface area contributed by atoms with E-state index in [1.54, 1.807) is 7.11 Å². The van der Waals surface area contributed by atoms with Crippen molar-refractivity contribution in [1.82, 2.24) is 15.1 Å². The molecule has 1 aromatic heterocycles. The van der Waals surface area contributed by atoms with Crippen LogP contribution < -0.4 is 5.32 Å². The standard InChI is InChI=1S/C10H19N3O/c1-9(5-7-14-3)13-6-4-10(12-13)8-11-2/h4,6,9,11H,5,7-8H2,1-3H3. The minimum atomic E-state index is 0.403. The molecule has 4 heteroatoms. The van der Waals surface area contributed by atoms with E-state index < -0.39 is 0 Å². The van der Waals surface area contributed by atoms with Gasteiger partial charge in [0.15, 0.2) is 0 Å². The number of hydrogen-bond donors (Lipinski definition) is 1. The third-order valence-corrected chi connectivity index (χ3v) is 2.21. The molecule has 1 aromatic rings. The molecule has 1 atom stereocenters. The minimum Gasteiger partial charge on any atom is -0.385 e. The van der Waals surface area contributed by atoms with E-state index in [-0.39, 0.29) is 0 Å². The average Bonchev–Trinajstić information content (AvgIpc) is 2.63. The van der Waals surface area contributed by atoms with Gasteiger partial charge in [-0.1, -0.05) is 0 Å². The molecule has 1 heterocycles. The van der Waals surface area contributed by atoms with Crippen LogP contribution in [0.2, 0.25) is 0 Å². The second kappa shape index (κ2) is 5.78. The highest BCUT2D eigenvalue weighted by atomic mass is 16.5.